The van der Waals surface area contributed by atoms with Gasteiger partial charge in [0.05, 0.1) is 12.1 Å². The fourth-order valence-electron chi connectivity index (χ4n) is 3.73. The van der Waals surface area contributed by atoms with Crippen molar-refractivity contribution in [3.05, 3.63) is 123 Å². The first-order valence-electron chi connectivity index (χ1n) is 12.3. The number of aryl methyl sites for hydroxylation is 1. The maximum atomic E-state index is 12.8. The Bertz CT molecular complexity index is 1560. The van der Waals surface area contributed by atoms with Crippen molar-refractivity contribution in [2.24, 2.45) is 0 Å². The minimum absolute atomic E-state index is 0.106. The lowest BCUT2D eigenvalue weighted by molar-refractivity contribution is -0.112. The molecule has 1 amide bonds. The highest BCUT2D eigenvalue weighted by Crippen LogP contribution is 2.37. The van der Waals surface area contributed by atoms with Gasteiger partial charge in [0, 0.05) is 16.3 Å². The van der Waals surface area contributed by atoms with Crippen LogP contribution in [0.3, 0.4) is 0 Å². The predicted molar refractivity (Wildman–Crippen MR) is 158 cm³/mol. The highest BCUT2D eigenvalue weighted by molar-refractivity contribution is 6.32. The molecule has 4 rings (SSSR count). The highest BCUT2D eigenvalue weighted by atomic mass is 35.5. The van der Waals surface area contributed by atoms with E-state index in [4.69, 9.17) is 37.4 Å². The second-order valence-corrected chi connectivity index (χ2v) is 9.65. The number of halogens is 2. The number of methoxy groups -OCH3 is 1. The molecule has 202 valence electrons. The van der Waals surface area contributed by atoms with Gasteiger partial charge in [-0.3, -0.25) is 4.79 Å². The van der Waals surface area contributed by atoms with E-state index in [1.807, 2.05) is 55.5 Å². The van der Waals surface area contributed by atoms with Crippen molar-refractivity contribution in [1.29, 1.82) is 5.26 Å². The van der Waals surface area contributed by atoms with E-state index in [0.29, 0.717) is 51.8 Å². The van der Waals surface area contributed by atoms with Crippen LogP contribution in [0.2, 0.25) is 10.0 Å². The van der Waals surface area contributed by atoms with Crippen LogP contribution in [0.15, 0.2) is 90.5 Å². The molecule has 0 atom stereocenters. The number of anilines is 1. The zero-order valence-electron chi connectivity index (χ0n) is 21.9. The molecular weight excluding hydrogens is 547 g/mol. The third kappa shape index (κ3) is 7.57. The summed E-state index contributed by atoms with van der Waals surface area (Å²) >= 11 is 12.7. The molecule has 0 aliphatic rings. The van der Waals surface area contributed by atoms with Crippen LogP contribution in [0, 0.1) is 18.3 Å². The van der Waals surface area contributed by atoms with Gasteiger partial charge < -0.3 is 19.5 Å². The Morgan fingerprint density at radius 2 is 1.65 bits per heavy atom. The summed E-state index contributed by atoms with van der Waals surface area (Å²) in [5, 5.41) is 13.3. The lowest BCUT2D eigenvalue weighted by Crippen LogP contribution is -2.13. The summed E-state index contributed by atoms with van der Waals surface area (Å²) in [6, 6.07) is 27.5. The largest absolute Gasteiger partial charge is 0.493 e. The lowest BCUT2D eigenvalue weighted by atomic mass is 10.1. The fraction of sp³-hybridized carbons (Fsp3) is 0.125. The van der Waals surface area contributed by atoms with Crippen molar-refractivity contribution >= 4 is 40.9 Å². The molecule has 40 heavy (non-hydrogen) atoms. The molecular formula is C32H26Cl2N2O4. The fourth-order valence-corrected chi connectivity index (χ4v) is 4.19. The van der Waals surface area contributed by atoms with E-state index in [9.17, 15) is 10.1 Å². The van der Waals surface area contributed by atoms with Crippen molar-refractivity contribution in [3.8, 4) is 23.3 Å². The van der Waals surface area contributed by atoms with Gasteiger partial charge in [-0.25, -0.2) is 0 Å². The second-order valence-electron chi connectivity index (χ2n) is 8.84. The van der Waals surface area contributed by atoms with Crippen molar-refractivity contribution < 1.29 is 19.0 Å². The maximum absolute atomic E-state index is 12.8. The van der Waals surface area contributed by atoms with Crippen molar-refractivity contribution in [3.63, 3.8) is 0 Å². The first kappa shape index (κ1) is 28.6. The van der Waals surface area contributed by atoms with E-state index in [1.54, 1.807) is 42.5 Å². The van der Waals surface area contributed by atoms with Crippen LogP contribution in [-0.4, -0.2) is 13.0 Å². The van der Waals surface area contributed by atoms with Gasteiger partial charge in [-0.1, -0.05) is 71.2 Å². The molecule has 0 unspecified atom stereocenters. The molecule has 0 radical (unpaired) electrons. The second kappa shape index (κ2) is 13.6. The molecule has 0 aromatic heterocycles. The summed E-state index contributed by atoms with van der Waals surface area (Å²) in [4.78, 5) is 12.8. The molecule has 0 fully saturated rings. The standard InChI is InChI=1S/C32H26Cl2N2O4/c1-21-7-9-22(10-8-21)19-40-31-29(34)16-23(17-30(31)38-2)15-25(18-35)32(37)36-26-11-13-27(14-12-26)39-20-24-5-3-4-6-28(24)33/h3-17H,19-20H2,1-2H3,(H,36,37)/b25-15+. The number of ether oxygens (including phenoxy) is 3. The number of benzene rings is 4. The Morgan fingerprint density at radius 3 is 2.33 bits per heavy atom. The number of amides is 1. The SMILES string of the molecule is COc1cc(/C=C(\C#N)C(=O)Nc2ccc(OCc3ccccc3Cl)cc2)cc(Cl)c1OCc1ccc(C)cc1. The first-order chi connectivity index (χ1) is 19.4. The summed E-state index contributed by atoms with van der Waals surface area (Å²) in [5.74, 6) is 0.806. The third-order valence-electron chi connectivity index (χ3n) is 5.90. The molecule has 4 aromatic carbocycles. The summed E-state index contributed by atoms with van der Waals surface area (Å²) < 4.78 is 17.2. The van der Waals surface area contributed by atoms with Crippen LogP contribution in [0.4, 0.5) is 5.69 Å². The number of hydrogen-bond acceptors (Lipinski definition) is 5. The van der Waals surface area contributed by atoms with E-state index in [2.05, 4.69) is 5.32 Å². The molecule has 0 saturated heterocycles. The lowest BCUT2D eigenvalue weighted by Gasteiger charge is -2.14. The minimum atomic E-state index is -0.568. The summed E-state index contributed by atoms with van der Waals surface area (Å²) in [7, 11) is 1.50. The average molecular weight is 573 g/mol. The number of carbonyl (C=O) groups excluding carboxylic acids is 1. The number of rotatable bonds is 10. The van der Waals surface area contributed by atoms with E-state index < -0.39 is 5.91 Å². The highest BCUT2D eigenvalue weighted by Gasteiger charge is 2.15. The Kier molecular flexibility index (Phi) is 9.69. The zero-order chi connectivity index (χ0) is 28.5. The topological polar surface area (TPSA) is 80.6 Å². The van der Waals surface area contributed by atoms with E-state index in [1.165, 1.54) is 13.2 Å². The van der Waals surface area contributed by atoms with Gasteiger partial charge in [0.15, 0.2) is 11.5 Å². The van der Waals surface area contributed by atoms with Crippen LogP contribution in [0.5, 0.6) is 17.2 Å². The van der Waals surface area contributed by atoms with Crippen LogP contribution in [0.25, 0.3) is 6.08 Å². The zero-order valence-corrected chi connectivity index (χ0v) is 23.4. The molecule has 0 aliphatic heterocycles. The van der Waals surface area contributed by atoms with E-state index in [-0.39, 0.29) is 5.57 Å². The summed E-state index contributed by atoms with van der Waals surface area (Å²) in [6.07, 6.45) is 1.44. The maximum Gasteiger partial charge on any atom is 0.266 e. The van der Waals surface area contributed by atoms with Gasteiger partial charge in [0.1, 0.15) is 30.6 Å². The molecule has 0 saturated carbocycles. The third-order valence-corrected chi connectivity index (χ3v) is 6.55. The van der Waals surface area contributed by atoms with E-state index in [0.717, 1.165) is 16.7 Å². The smallest absolute Gasteiger partial charge is 0.266 e. The van der Waals surface area contributed by atoms with E-state index >= 15 is 0 Å². The monoisotopic (exact) mass is 572 g/mol. The van der Waals surface area contributed by atoms with Crippen molar-refractivity contribution in [2.45, 2.75) is 20.1 Å². The van der Waals surface area contributed by atoms with Gasteiger partial charge in [-0.2, -0.15) is 5.26 Å². The van der Waals surface area contributed by atoms with Crippen LogP contribution in [-0.2, 0) is 18.0 Å². The first-order valence-corrected chi connectivity index (χ1v) is 13.1. The van der Waals surface area contributed by atoms with Gasteiger partial charge in [-0.15, -0.1) is 0 Å². The number of carbonyl (C=O) groups is 1. The molecule has 0 bridgehead atoms. The number of nitrogens with zero attached hydrogens (tertiary/aromatic N) is 1. The minimum Gasteiger partial charge on any atom is -0.493 e. The number of nitrogens with one attached hydrogen (secondary N) is 1. The van der Waals surface area contributed by atoms with Crippen LogP contribution in [0.1, 0.15) is 22.3 Å². The predicted octanol–water partition coefficient (Wildman–Crippen LogP) is 8.01. The molecule has 4 aromatic rings. The van der Waals surface area contributed by atoms with Crippen molar-refractivity contribution in [1.82, 2.24) is 0 Å². The quantitative estimate of drug-likeness (QED) is 0.154. The molecule has 1 N–H and O–H groups in total. The van der Waals surface area contributed by atoms with Crippen LogP contribution >= 0.6 is 23.2 Å². The summed E-state index contributed by atoms with van der Waals surface area (Å²) in [6.45, 7) is 2.64. The Morgan fingerprint density at radius 1 is 0.925 bits per heavy atom. The Labute approximate surface area is 243 Å². The van der Waals surface area contributed by atoms with Gasteiger partial charge >= 0.3 is 0 Å². The van der Waals surface area contributed by atoms with Crippen LogP contribution < -0.4 is 19.5 Å². The van der Waals surface area contributed by atoms with Gasteiger partial charge in [-0.05, 0) is 66.6 Å². The average Bonchev–Trinajstić information content (AvgIpc) is 2.96. The molecule has 0 heterocycles. The van der Waals surface area contributed by atoms with Gasteiger partial charge in [0.2, 0.25) is 0 Å². The Balaban J connectivity index is 1.42. The number of hydrogen-bond donors (Lipinski definition) is 1. The molecule has 6 nitrogen and oxygen atoms in total. The Hall–Kier alpha value is -4.44. The molecule has 0 spiro atoms. The van der Waals surface area contributed by atoms with Crippen molar-refractivity contribution in [2.75, 3.05) is 12.4 Å². The molecule has 0 aliphatic carbocycles. The number of nitriles is 1. The summed E-state index contributed by atoms with van der Waals surface area (Å²) in [5.41, 5.74) is 3.92. The normalized spacial score (nSPS) is 10.9. The van der Waals surface area contributed by atoms with Gasteiger partial charge in [0.25, 0.3) is 5.91 Å². The molecule has 8 heteroatoms.